The molecule has 0 aliphatic rings. The molecule has 0 radical (unpaired) electrons. The summed E-state index contributed by atoms with van der Waals surface area (Å²) in [6, 6.07) is 14.7. The first-order valence-electron chi connectivity index (χ1n) is 8.00. The van der Waals surface area contributed by atoms with Crippen molar-refractivity contribution >= 4 is 22.6 Å². The summed E-state index contributed by atoms with van der Waals surface area (Å²) in [5.41, 5.74) is 1.77. The van der Waals surface area contributed by atoms with Crippen molar-refractivity contribution in [1.82, 2.24) is 4.98 Å². The lowest BCUT2D eigenvalue weighted by Crippen LogP contribution is -2.07. The number of halogens is 6. The van der Waals surface area contributed by atoms with Crippen LogP contribution in [-0.2, 0) is 11.0 Å². The molecule has 1 aromatic heterocycles. The molecule has 0 amide bonds. The van der Waals surface area contributed by atoms with Crippen LogP contribution in [0.1, 0.15) is 5.56 Å². The normalized spacial score (nSPS) is 11.4. The summed E-state index contributed by atoms with van der Waals surface area (Å²) in [5.74, 6) is 0. The number of nitrogens with one attached hydrogen (secondary N) is 1. The molecule has 1 heterocycles. The van der Waals surface area contributed by atoms with Crippen LogP contribution < -0.4 is 5.32 Å². The van der Waals surface area contributed by atoms with Crippen molar-refractivity contribution in [1.29, 1.82) is 0 Å². The minimum absolute atomic E-state index is 0.657. The van der Waals surface area contributed by atoms with Gasteiger partial charge in [-0.3, -0.25) is 4.79 Å². The molecule has 1 N–H and O–H groups in total. The molecule has 0 fully saturated rings. The molecule has 0 saturated heterocycles. The second-order valence-electron chi connectivity index (χ2n) is 5.55. The molecule has 154 valence electrons. The van der Waals surface area contributed by atoms with Gasteiger partial charge in [0.05, 0.1) is 5.56 Å². The van der Waals surface area contributed by atoms with Crippen molar-refractivity contribution in [2.75, 3.05) is 12.4 Å². The first-order chi connectivity index (χ1) is 13.5. The van der Waals surface area contributed by atoms with E-state index in [1.165, 1.54) is 23.5 Å². The van der Waals surface area contributed by atoms with Gasteiger partial charge in [0.15, 0.2) is 0 Å². The standard InChI is InChI=1S/C17H13F3N2S.C2HF3O/c1-21-16-14(11-5-3-2-4-6-11)22-15(23-16)12-7-9-13(10-8-12)17(18,19)20;3-2(4,5)1-6/h2-10,21H,1H3;1H. The fraction of sp³-hybridized carbons (Fsp3) is 0.158. The molecule has 0 aliphatic carbocycles. The number of aldehydes is 1. The average molecular weight is 432 g/mol. The van der Waals surface area contributed by atoms with E-state index in [2.05, 4.69) is 10.3 Å². The van der Waals surface area contributed by atoms with Crippen LogP contribution in [0.5, 0.6) is 0 Å². The highest BCUT2D eigenvalue weighted by Crippen LogP contribution is 2.38. The number of thiazole rings is 1. The maximum atomic E-state index is 12.6. The first kappa shape index (κ1) is 22.4. The monoisotopic (exact) mass is 432 g/mol. The number of hydrogen-bond acceptors (Lipinski definition) is 4. The molecule has 3 aromatic rings. The highest BCUT2D eigenvalue weighted by Gasteiger charge is 2.30. The van der Waals surface area contributed by atoms with Gasteiger partial charge in [-0.05, 0) is 12.1 Å². The van der Waals surface area contributed by atoms with E-state index >= 15 is 0 Å². The van der Waals surface area contributed by atoms with Crippen molar-refractivity contribution in [3.63, 3.8) is 0 Å². The number of anilines is 1. The second-order valence-corrected chi connectivity index (χ2v) is 6.55. The van der Waals surface area contributed by atoms with E-state index in [1.807, 2.05) is 30.3 Å². The van der Waals surface area contributed by atoms with Crippen LogP contribution in [0.25, 0.3) is 21.8 Å². The lowest BCUT2D eigenvalue weighted by atomic mass is 10.1. The fourth-order valence-corrected chi connectivity index (χ4v) is 3.15. The zero-order chi connectivity index (χ0) is 21.7. The third-order valence-corrected chi connectivity index (χ3v) is 4.62. The molecule has 29 heavy (non-hydrogen) atoms. The smallest absolute Gasteiger partial charge is 0.378 e. The summed E-state index contributed by atoms with van der Waals surface area (Å²) in [6.45, 7) is 0. The topological polar surface area (TPSA) is 42.0 Å². The van der Waals surface area contributed by atoms with Crippen LogP contribution >= 0.6 is 11.3 Å². The largest absolute Gasteiger partial charge is 0.446 e. The van der Waals surface area contributed by atoms with Crippen LogP contribution in [0.2, 0.25) is 0 Å². The zero-order valence-electron chi connectivity index (χ0n) is 14.8. The van der Waals surface area contributed by atoms with E-state index in [1.54, 1.807) is 7.05 Å². The van der Waals surface area contributed by atoms with Gasteiger partial charge >= 0.3 is 12.4 Å². The summed E-state index contributed by atoms with van der Waals surface area (Å²) >= 11 is 1.42. The first-order valence-corrected chi connectivity index (χ1v) is 8.81. The molecule has 10 heteroatoms. The van der Waals surface area contributed by atoms with Gasteiger partial charge in [0, 0.05) is 18.2 Å². The SMILES string of the molecule is CNc1sc(-c2ccc(C(F)(F)F)cc2)nc1-c1ccccc1.O=CC(F)(F)F. The van der Waals surface area contributed by atoms with Crippen molar-refractivity contribution in [3.8, 4) is 21.8 Å². The zero-order valence-corrected chi connectivity index (χ0v) is 15.6. The highest BCUT2D eigenvalue weighted by atomic mass is 32.1. The minimum atomic E-state index is -4.64. The Balaban J connectivity index is 0.000000438. The third-order valence-electron chi connectivity index (χ3n) is 3.49. The molecular formula is C19H14F6N2OS. The predicted octanol–water partition coefficient (Wildman–Crippen LogP) is 6.29. The Morgan fingerprint density at radius 2 is 1.45 bits per heavy atom. The van der Waals surface area contributed by atoms with Crippen LogP contribution in [0.15, 0.2) is 54.6 Å². The number of rotatable bonds is 3. The van der Waals surface area contributed by atoms with Crippen molar-refractivity contribution < 1.29 is 31.1 Å². The molecule has 0 atom stereocenters. The van der Waals surface area contributed by atoms with Crippen LogP contribution in [0.4, 0.5) is 31.3 Å². The molecule has 0 spiro atoms. The van der Waals surface area contributed by atoms with Crippen molar-refractivity contribution in [2.45, 2.75) is 12.4 Å². The van der Waals surface area contributed by atoms with E-state index < -0.39 is 24.2 Å². The third kappa shape index (κ3) is 6.31. The summed E-state index contributed by atoms with van der Waals surface area (Å²) < 4.78 is 69.2. The van der Waals surface area contributed by atoms with Gasteiger partial charge in [-0.2, -0.15) is 26.3 Å². The number of hydrogen-bond donors (Lipinski definition) is 1. The molecule has 3 rings (SSSR count). The highest BCUT2D eigenvalue weighted by molar-refractivity contribution is 7.19. The van der Waals surface area contributed by atoms with Crippen molar-refractivity contribution in [3.05, 3.63) is 60.2 Å². The Hall–Kier alpha value is -2.88. The predicted molar refractivity (Wildman–Crippen MR) is 99.7 cm³/mol. The number of nitrogens with zero attached hydrogens (tertiary/aromatic N) is 1. The number of alkyl halides is 6. The Bertz CT molecular complexity index is 934. The number of carbonyl (C=O) groups is 1. The van der Waals surface area contributed by atoms with Crippen LogP contribution in [0, 0.1) is 0 Å². The fourth-order valence-electron chi connectivity index (χ4n) is 2.21. The molecule has 0 saturated carbocycles. The number of benzene rings is 2. The molecule has 0 bridgehead atoms. The summed E-state index contributed by atoms with van der Waals surface area (Å²) in [6.07, 6.45) is -10.0. The lowest BCUT2D eigenvalue weighted by Gasteiger charge is -2.06. The van der Waals surface area contributed by atoms with Gasteiger partial charge in [-0.1, -0.05) is 53.8 Å². The Kier molecular flexibility index (Phi) is 7.02. The summed E-state index contributed by atoms with van der Waals surface area (Å²) in [4.78, 5) is 13.3. The van der Waals surface area contributed by atoms with Crippen LogP contribution in [-0.4, -0.2) is 24.5 Å². The van der Waals surface area contributed by atoms with Gasteiger partial charge in [0.1, 0.15) is 15.7 Å². The molecular weight excluding hydrogens is 418 g/mol. The maximum absolute atomic E-state index is 12.6. The van der Waals surface area contributed by atoms with E-state index in [4.69, 9.17) is 4.79 Å². The quantitative estimate of drug-likeness (QED) is 0.391. The Labute approximate surface area is 166 Å². The molecule has 0 unspecified atom stereocenters. The average Bonchev–Trinajstić information content (AvgIpc) is 3.12. The maximum Gasteiger partial charge on any atom is 0.446 e. The van der Waals surface area contributed by atoms with E-state index in [-0.39, 0.29) is 0 Å². The molecule has 2 aromatic carbocycles. The molecule has 0 aliphatic heterocycles. The van der Waals surface area contributed by atoms with Gasteiger partial charge in [-0.15, -0.1) is 0 Å². The van der Waals surface area contributed by atoms with Gasteiger partial charge < -0.3 is 5.32 Å². The van der Waals surface area contributed by atoms with Gasteiger partial charge in [-0.25, -0.2) is 4.98 Å². The second kappa shape index (κ2) is 9.08. The minimum Gasteiger partial charge on any atom is -0.378 e. The number of aromatic nitrogens is 1. The number of carbonyl (C=O) groups excluding carboxylic acids is 1. The van der Waals surface area contributed by atoms with E-state index in [0.717, 1.165) is 28.4 Å². The summed E-state index contributed by atoms with van der Waals surface area (Å²) in [7, 11) is 1.80. The van der Waals surface area contributed by atoms with Crippen LogP contribution in [0.3, 0.4) is 0 Å². The Morgan fingerprint density at radius 3 is 1.90 bits per heavy atom. The van der Waals surface area contributed by atoms with E-state index in [9.17, 15) is 26.3 Å². The van der Waals surface area contributed by atoms with Gasteiger partial charge in [0.2, 0.25) is 6.29 Å². The lowest BCUT2D eigenvalue weighted by molar-refractivity contribution is -0.156. The van der Waals surface area contributed by atoms with E-state index in [0.29, 0.717) is 10.6 Å². The van der Waals surface area contributed by atoms with Gasteiger partial charge in [0.25, 0.3) is 0 Å². The van der Waals surface area contributed by atoms with Crippen molar-refractivity contribution in [2.24, 2.45) is 0 Å². The molecule has 3 nitrogen and oxygen atoms in total. The Morgan fingerprint density at radius 1 is 0.897 bits per heavy atom. The summed E-state index contributed by atoms with van der Waals surface area (Å²) in [5, 5.41) is 4.66.